The van der Waals surface area contributed by atoms with Gasteiger partial charge in [-0.05, 0) is 50.9 Å². The Morgan fingerprint density at radius 3 is 2.54 bits per heavy atom. The number of ether oxygens (including phenoxy) is 1. The number of nitrogens with one attached hydrogen (secondary N) is 1. The SMILES string of the molecule is COC(=O)c1cc(C(=O)NCCCN2CCC(C)CC2)cc([N+](=O)[O-])c1. The third-order valence-electron chi connectivity index (χ3n) is 4.62. The van der Waals surface area contributed by atoms with Crippen LogP contribution in [0.1, 0.15) is 46.9 Å². The van der Waals surface area contributed by atoms with Gasteiger partial charge in [0.25, 0.3) is 11.6 Å². The second-order valence-electron chi connectivity index (χ2n) is 6.65. The number of hydrogen-bond donors (Lipinski definition) is 1. The molecule has 1 N–H and O–H groups in total. The summed E-state index contributed by atoms with van der Waals surface area (Å²) in [5.41, 5.74) is -0.263. The molecular weight excluding hydrogens is 338 g/mol. The molecule has 1 amide bonds. The summed E-state index contributed by atoms with van der Waals surface area (Å²) in [4.78, 5) is 36.7. The number of nitro groups is 1. The van der Waals surface area contributed by atoms with E-state index in [1.165, 1.54) is 26.0 Å². The molecule has 1 aromatic rings. The quantitative estimate of drug-likeness (QED) is 0.345. The van der Waals surface area contributed by atoms with Crippen LogP contribution >= 0.6 is 0 Å². The highest BCUT2D eigenvalue weighted by Crippen LogP contribution is 2.18. The Kier molecular flexibility index (Phi) is 7.08. The number of nitrogens with zero attached hydrogens (tertiary/aromatic N) is 2. The van der Waals surface area contributed by atoms with Crippen LogP contribution in [0.25, 0.3) is 0 Å². The van der Waals surface area contributed by atoms with Crippen molar-refractivity contribution in [3.8, 4) is 0 Å². The summed E-state index contributed by atoms with van der Waals surface area (Å²) >= 11 is 0. The molecule has 0 atom stereocenters. The van der Waals surface area contributed by atoms with E-state index < -0.39 is 16.8 Å². The smallest absolute Gasteiger partial charge is 0.338 e. The fraction of sp³-hybridized carbons (Fsp3) is 0.556. The summed E-state index contributed by atoms with van der Waals surface area (Å²) in [5.74, 6) is -0.378. The Hall–Kier alpha value is -2.48. The molecule has 0 spiro atoms. The lowest BCUT2D eigenvalue weighted by Gasteiger charge is -2.30. The molecule has 1 fully saturated rings. The number of amides is 1. The van der Waals surface area contributed by atoms with Crippen LogP contribution in [0.4, 0.5) is 5.69 Å². The van der Waals surface area contributed by atoms with E-state index in [0.717, 1.165) is 44.1 Å². The normalized spacial score (nSPS) is 15.5. The number of benzene rings is 1. The number of hydrogen-bond acceptors (Lipinski definition) is 6. The Balaban J connectivity index is 1.90. The number of carbonyl (C=O) groups is 2. The topological polar surface area (TPSA) is 102 Å². The molecule has 1 saturated heterocycles. The zero-order valence-corrected chi connectivity index (χ0v) is 15.2. The van der Waals surface area contributed by atoms with Gasteiger partial charge in [-0.15, -0.1) is 0 Å². The van der Waals surface area contributed by atoms with Gasteiger partial charge in [0.2, 0.25) is 0 Å². The fourth-order valence-corrected chi connectivity index (χ4v) is 2.98. The average molecular weight is 363 g/mol. The van der Waals surface area contributed by atoms with Crippen molar-refractivity contribution < 1.29 is 19.2 Å². The van der Waals surface area contributed by atoms with E-state index in [2.05, 4.69) is 21.9 Å². The molecule has 142 valence electrons. The number of esters is 1. The lowest BCUT2D eigenvalue weighted by molar-refractivity contribution is -0.384. The summed E-state index contributed by atoms with van der Waals surface area (Å²) in [6.45, 7) is 5.82. The van der Waals surface area contributed by atoms with Gasteiger partial charge in [0.15, 0.2) is 0 Å². The molecule has 1 heterocycles. The Bertz CT molecular complexity index is 669. The van der Waals surface area contributed by atoms with Crippen LogP contribution in [0.2, 0.25) is 0 Å². The monoisotopic (exact) mass is 363 g/mol. The minimum Gasteiger partial charge on any atom is -0.465 e. The molecule has 2 rings (SSSR count). The lowest BCUT2D eigenvalue weighted by atomic mass is 9.99. The average Bonchev–Trinajstić information content (AvgIpc) is 2.65. The van der Waals surface area contributed by atoms with Gasteiger partial charge in [0.05, 0.1) is 17.6 Å². The zero-order valence-electron chi connectivity index (χ0n) is 15.2. The van der Waals surface area contributed by atoms with Crippen LogP contribution in [-0.2, 0) is 4.74 Å². The summed E-state index contributed by atoms with van der Waals surface area (Å²) in [6, 6.07) is 3.56. The fourth-order valence-electron chi connectivity index (χ4n) is 2.98. The first-order chi connectivity index (χ1) is 12.4. The van der Waals surface area contributed by atoms with E-state index in [9.17, 15) is 19.7 Å². The summed E-state index contributed by atoms with van der Waals surface area (Å²) in [5, 5.41) is 13.8. The van der Waals surface area contributed by atoms with Gasteiger partial charge in [-0.25, -0.2) is 4.79 Å². The van der Waals surface area contributed by atoms with E-state index in [-0.39, 0.29) is 16.8 Å². The van der Waals surface area contributed by atoms with Gasteiger partial charge in [-0.1, -0.05) is 6.92 Å². The maximum atomic E-state index is 12.3. The molecule has 0 saturated carbocycles. The minimum absolute atomic E-state index is 0.0192. The Morgan fingerprint density at radius 1 is 1.27 bits per heavy atom. The largest absolute Gasteiger partial charge is 0.465 e. The minimum atomic E-state index is -0.720. The molecule has 1 aliphatic rings. The Labute approximate surface area is 152 Å². The number of nitro benzene ring substituents is 1. The highest BCUT2D eigenvalue weighted by Gasteiger charge is 2.19. The van der Waals surface area contributed by atoms with Crippen LogP contribution in [-0.4, -0.2) is 55.0 Å². The first-order valence-electron chi connectivity index (χ1n) is 8.79. The van der Waals surface area contributed by atoms with E-state index in [1.54, 1.807) is 0 Å². The molecule has 1 aromatic carbocycles. The van der Waals surface area contributed by atoms with Crippen molar-refractivity contribution in [3.63, 3.8) is 0 Å². The molecule has 1 aliphatic heterocycles. The molecule has 0 aromatic heterocycles. The van der Waals surface area contributed by atoms with E-state index in [4.69, 9.17) is 0 Å². The predicted molar refractivity (Wildman–Crippen MR) is 96.2 cm³/mol. The summed E-state index contributed by atoms with van der Waals surface area (Å²) in [7, 11) is 1.18. The van der Waals surface area contributed by atoms with Crippen LogP contribution in [0, 0.1) is 16.0 Å². The maximum absolute atomic E-state index is 12.3. The summed E-state index contributed by atoms with van der Waals surface area (Å²) in [6.07, 6.45) is 3.21. The molecule has 0 bridgehead atoms. The van der Waals surface area contributed by atoms with Gasteiger partial charge < -0.3 is 15.0 Å². The Morgan fingerprint density at radius 2 is 1.92 bits per heavy atom. The standard InChI is InChI=1S/C18H25N3O5/c1-13-4-8-20(9-5-13)7-3-6-19-17(22)14-10-15(18(23)26-2)12-16(11-14)21(24)25/h10-13H,3-9H2,1-2H3,(H,19,22). The van der Waals surface area contributed by atoms with Crippen molar-refractivity contribution >= 4 is 17.6 Å². The third-order valence-corrected chi connectivity index (χ3v) is 4.62. The van der Waals surface area contributed by atoms with E-state index >= 15 is 0 Å². The number of likely N-dealkylation sites (tertiary alicyclic amines) is 1. The number of methoxy groups -OCH3 is 1. The van der Waals surface area contributed by atoms with Gasteiger partial charge in [-0.3, -0.25) is 14.9 Å². The second kappa shape index (κ2) is 9.28. The van der Waals surface area contributed by atoms with E-state index in [1.807, 2.05) is 0 Å². The number of carbonyl (C=O) groups excluding carboxylic acids is 2. The molecule has 8 heteroatoms. The molecule has 0 aliphatic carbocycles. The van der Waals surface area contributed by atoms with Crippen LogP contribution < -0.4 is 5.32 Å². The van der Waals surface area contributed by atoms with Crippen molar-refractivity contribution in [1.29, 1.82) is 0 Å². The summed E-state index contributed by atoms with van der Waals surface area (Å²) < 4.78 is 4.58. The third kappa shape index (κ3) is 5.52. The van der Waals surface area contributed by atoms with Crippen LogP contribution in [0.3, 0.4) is 0 Å². The van der Waals surface area contributed by atoms with Crippen molar-refractivity contribution in [3.05, 3.63) is 39.4 Å². The number of piperidine rings is 1. The van der Waals surface area contributed by atoms with Gasteiger partial charge >= 0.3 is 5.97 Å². The predicted octanol–water partition coefficient (Wildman–Crippen LogP) is 2.23. The van der Waals surface area contributed by atoms with E-state index in [0.29, 0.717) is 6.54 Å². The number of non-ortho nitro benzene ring substituents is 1. The van der Waals surface area contributed by atoms with Crippen LogP contribution in [0.5, 0.6) is 0 Å². The lowest BCUT2D eigenvalue weighted by Crippen LogP contribution is -2.35. The van der Waals surface area contributed by atoms with Crippen molar-refractivity contribution in [2.45, 2.75) is 26.2 Å². The van der Waals surface area contributed by atoms with Gasteiger partial charge in [0, 0.05) is 24.2 Å². The molecular formula is C18H25N3O5. The van der Waals surface area contributed by atoms with Crippen molar-refractivity contribution in [1.82, 2.24) is 10.2 Å². The highest BCUT2D eigenvalue weighted by atomic mass is 16.6. The highest BCUT2D eigenvalue weighted by molar-refractivity contribution is 5.98. The zero-order chi connectivity index (χ0) is 19.1. The first-order valence-corrected chi connectivity index (χ1v) is 8.79. The molecule has 0 unspecified atom stereocenters. The molecule has 0 radical (unpaired) electrons. The van der Waals surface area contributed by atoms with Crippen LogP contribution in [0.15, 0.2) is 18.2 Å². The molecule has 8 nitrogen and oxygen atoms in total. The van der Waals surface area contributed by atoms with Gasteiger partial charge in [-0.2, -0.15) is 0 Å². The molecule has 26 heavy (non-hydrogen) atoms. The number of rotatable bonds is 7. The van der Waals surface area contributed by atoms with Crippen molar-refractivity contribution in [2.24, 2.45) is 5.92 Å². The maximum Gasteiger partial charge on any atom is 0.338 e. The second-order valence-corrected chi connectivity index (χ2v) is 6.65. The van der Waals surface area contributed by atoms with Gasteiger partial charge in [0.1, 0.15) is 0 Å². The van der Waals surface area contributed by atoms with Crippen molar-refractivity contribution in [2.75, 3.05) is 33.3 Å². The first kappa shape index (κ1) is 19.8.